The number of nitrogens with one attached hydrogen (secondary N) is 1. The molecule has 2 aromatic heterocycles. The molecule has 0 atom stereocenters. The number of hydrogen-bond acceptors (Lipinski definition) is 3. The zero-order valence-electron chi connectivity index (χ0n) is 5.00. The quantitative estimate of drug-likeness (QED) is 0.574. The van der Waals surface area contributed by atoms with Crippen LogP contribution >= 0.6 is 0 Å². The van der Waals surface area contributed by atoms with E-state index in [0.717, 1.165) is 0 Å². The van der Waals surface area contributed by atoms with Gasteiger partial charge >= 0.3 is 0 Å². The van der Waals surface area contributed by atoms with Gasteiger partial charge in [0.2, 0.25) is 0 Å². The van der Waals surface area contributed by atoms with E-state index in [1.807, 2.05) is 0 Å². The van der Waals surface area contributed by atoms with Gasteiger partial charge in [-0.1, -0.05) is 0 Å². The van der Waals surface area contributed by atoms with Crippen molar-refractivity contribution < 1.29 is 4.42 Å². The first kappa shape index (κ1) is 5.22. The molecule has 0 amide bonds. The Morgan fingerprint density at radius 1 is 1.50 bits per heavy atom. The lowest BCUT2D eigenvalue weighted by atomic mass is 10.4. The van der Waals surface area contributed by atoms with Crippen LogP contribution in [0.3, 0.4) is 0 Å². The molecular weight excluding hydrogens is 132 g/mol. The van der Waals surface area contributed by atoms with E-state index >= 15 is 0 Å². The van der Waals surface area contributed by atoms with Crippen LogP contribution in [-0.4, -0.2) is 9.97 Å². The lowest BCUT2D eigenvalue weighted by molar-refractivity contribution is 0.571. The molecule has 0 saturated heterocycles. The molecule has 0 unspecified atom stereocenters. The standard InChI is InChI=1S/C6H4N2O2/c9-6-4-1-10-2-5(4)7-3-8-6/h1-3H,(H,7,8,9). The Balaban J connectivity index is 3.09. The molecule has 0 aliphatic heterocycles. The summed E-state index contributed by atoms with van der Waals surface area (Å²) in [6.45, 7) is 0. The predicted molar refractivity (Wildman–Crippen MR) is 34.6 cm³/mol. The Hall–Kier alpha value is -1.58. The number of nitrogens with zero attached hydrogens (tertiary/aromatic N) is 1. The molecule has 0 aliphatic rings. The van der Waals surface area contributed by atoms with E-state index in [4.69, 9.17) is 4.42 Å². The summed E-state index contributed by atoms with van der Waals surface area (Å²) >= 11 is 0. The monoisotopic (exact) mass is 136 g/mol. The van der Waals surface area contributed by atoms with E-state index in [2.05, 4.69) is 9.97 Å². The van der Waals surface area contributed by atoms with Crippen molar-refractivity contribution in [3.8, 4) is 0 Å². The Morgan fingerprint density at radius 3 is 3.20 bits per heavy atom. The minimum atomic E-state index is -0.168. The van der Waals surface area contributed by atoms with Crippen molar-refractivity contribution in [3.05, 3.63) is 29.2 Å². The second-order valence-electron chi connectivity index (χ2n) is 1.90. The van der Waals surface area contributed by atoms with E-state index in [9.17, 15) is 4.79 Å². The average molecular weight is 136 g/mol. The third kappa shape index (κ3) is 0.556. The predicted octanol–water partition coefficient (Wildman–Crippen LogP) is 0.516. The minimum absolute atomic E-state index is 0.168. The Morgan fingerprint density at radius 2 is 2.40 bits per heavy atom. The van der Waals surface area contributed by atoms with Gasteiger partial charge in [0.25, 0.3) is 5.56 Å². The largest absolute Gasteiger partial charge is 0.469 e. The first-order valence-corrected chi connectivity index (χ1v) is 2.77. The number of aromatic nitrogens is 2. The van der Waals surface area contributed by atoms with Crippen LogP contribution in [0.1, 0.15) is 0 Å². The summed E-state index contributed by atoms with van der Waals surface area (Å²) in [5.41, 5.74) is 0.419. The molecule has 4 nitrogen and oxygen atoms in total. The van der Waals surface area contributed by atoms with Crippen molar-refractivity contribution in [1.82, 2.24) is 9.97 Å². The van der Waals surface area contributed by atoms with E-state index in [0.29, 0.717) is 10.9 Å². The maximum atomic E-state index is 10.9. The molecule has 2 heterocycles. The van der Waals surface area contributed by atoms with Gasteiger partial charge in [-0.15, -0.1) is 0 Å². The molecular formula is C6H4N2O2. The number of rotatable bonds is 0. The summed E-state index contributed by atoms with van der Waals surface area (Å²) < 4.78 is 4.76. The second kappa shape index (κ2) is 1.70. The topological polar surface area (TPSA) is 58.9 Å². The summed E-state index contributed by atoms with van der Waals surface area (Å²) in [7, 11) is 0. The Kier molecular flexibility index (Phi) is 0.887. The molecule has 0 aliphatic carbocycles. The van der Waals surface area contributed by atoms with Crippen molar-refractivity contribution in [3.63, 3.8) is 0 Å². The van der Waals surface area contributed by atoms with Crippen LogP contribution in [0.25, 0.3) is 10.9 Å². The first-order valence-electron chi connectivity index (χ1n) is 2.77. The second-order valence-corrected chi connectivity index (χ2v) is 1.90. The van der Waals surface area contributed by atoms with E-state index < -0.39 is 0 Å². The fraction of sp³-hybridized carbons (Fsp3) is 0. The van der Waals surface area contributed by atoms with Gasteiger partial charge in [-0.3, -0.25) is 4.79 Å². The summed E-state index contributed by atoms with van der Waals surface area (Å²) in [6.07, 6.45) is 4.16. The minimum Gasteiger partial charge on any atom is -0.469 e. The number of fused-ring (bicyclic) bond motifs is 1. The van der Waals surface area contributed by atoms with Crippen LogP contribution in [0.4, 0.5) is 0 Å². The molecule has 2 rings (SSSR count). The smallest absolute Gasteiger partial charge is 0.261 e. The molecule has 0 spiro atoms. The van der Waals surface area contributed by atoms with E-state index in [1.54, 1.807) is 0 Å². The molecule has 2 aromatic rings. The average Bonchev–Trinajstić information content (AvgIpc) is 2.36. The summed E-state index contributed by atoms with van der Waals surface area (Å²) in [4.78, 5) is 17.2. The SMILES string of the molecule is O=c1[nH]cnc2cocc12. The normalized spacial score (nSPS) is 10.4. The fourth-order valence-corrected chi connectivity index (χ4v) is 0.798. The maximum Gasteiger partial charge on any atom is 0.261 e. The number of furan rings is 1. The van der Waals surface area contributed by atoms with Crippen LogP contribution in [0.2, 0.25) is 0 Å². The van der Waals surface area contributed by atoms with E-state index in [-0.39, 0.29) is 5.56 Å². The summed E-state index contributed by atoms with van der Waals surface area (Å²) in [5.74, 6) is 0. The Bertz CT molecular complexity index is 401. The van der Waals surface area contributed by atoms with Crippen LogP contribution in [0.5, 0.6) is 0 Å². The van der Waals surface area contributed by atoms with Gasteiger partial charge in [0.15, 0.2) is 0 Å². The van der Waals surface area contributed by atoms with Crippen LogP contribution in [0.15, 0.2) is 28.1 Å². The molecule has 0 radical (unpaired) electrons. The van der Waals surface area contributed by atoms with Gasteiger partial charge < -0.3 is 9.40 Å². The van der Waals surface area contributed by atoms with Crippen LogP contribution < -0.4 is 5.56 Å². The number of H-pyrrole nitrogens is 1. The van der Waals surface area contributed by atoms with Gasteiger partial charge in [0, 0.05) is 0 Å². The van der Waals surface area contributed by atoms with Crippen molar-refractivity contribution in [2.45, 2.75) is 0 Å². The fourth-order valence-electron chi connectivity index (χ4n) is 0.798. The lowest BCUT2D eigenvalue weighted by Gasteiger charge is -1.81. The number of aromatic amines is 1. The van der Waals surface area contributed by atoms with Gasteiger partial charge in [0.05, 0.1) is 6.33 Å². The van der Waals surface area contributed by atoms with Crippen LogP contribution in [-0.2, 0) is 0 Å². The summed E-state index contributed by atoms with van der Waals surface area (Å²) in [5, 5.41) is 0.488. The molecule has 4 heteroatoms. The molecule has 1 N–H and O–H groups in total. The van der Waals surface area contributed by atoms with Gasteiger partial charge in [-0.25, -0.2) is 4.98 Å². The molecule has 0 saturated carbocycles. The molecule has 50 valence electrons. The third-order valence-corrected chi connectivity index (χ3v) is 1.29. The maximum absolute atomic E-state index is 10.9. The Labute approximate surface area is 55.5 Å². The van der Waals surface area contributed by atoms with Crippen molar-refractivity contribution >= 4 is 10.9 Å². The van der Waals surface area contributed by atoms with Crippen molar-refractivity contribution in [2.75, 3.05) is 0 Å². The first-order chi connectivity index (χ1) is 4.88. The van der Waals surface area contributed by atoms with Crippen LogP contribution in [0, 0.1) is 0 Å². The highest BCUT2D eigenvalue weighted by molar-refractivity contribution is 5.74. The molecule has 0 fully saturated rings. The molecule has 0 bridgehead atoms. The highest BCUT2D eigenvalue weighted by Crippen LogP contribution is 2.04. The van der Waals surface area contributed by atoms with Gasteiger partial charge in [-0.05, 0) is 0 Å². The zero-order valence-corrected chi connectivity index (χ0v) is 5.00. The highest BCUT2D eigenvalue weighted by atomic mass is 16.3. The van der Waals surface area contributed by atoms with Gasteiger partial charge in [0.1, 0.15) is 23.4 Å². The molecule has 10 heavy (non-hydrogen) atoms. The van der Waals surface area contributed by atoms with Crippen molar-refractivity contribution in [2.24, 2.45) is 0 Å². The molecule has 0 aromatic carbocycles. The third-order valence-electron chi connectivity index (χ3n) is 1.29. The number of hydrogen-bond donors (Lipinski definition) is 1. The van der Waals surface area contributed by atoms with Gasteiger partial charge in [-0.2, -0.15) is 0 Å². The van der Waals surface area contributed by atoms with Crippen molar-refractivity contribution in [1.29, 1.82) is 0 Å². The zero-order chi connectivity index (χ0) is 6.97. The highest BCUT2D eigenvalue weighted by Gasteiger charge is 1.98. The lowest BCUT2D eigenvalue weighted by Crippen LogP contribution is -2.03. The van der Waals surface area contributed by atoms with E-state index in [1.165, 1.54) is 18.9 Å². The summed E-state index contributed by atoms with van der Waals surface area (Å²) in [6, 6.07) is 0.